The maximum Gasteiger partial charge on any atom is 0.232 e. The first-order chi connectivity index (χ1) is 12.7. The monoisotopic (exact) mass is 430 g/mol. The molecule has 1 N–H and O–H groups in total. The van der Waals surface area contributed by atoms with Gasteiger partial charge in [-0.1, -0.05) is 35.3 Å². The highest BCUT2D eigenvalue weighted by Crippen LogP contribution is 2.31. The Balaban J connectivity index is 2.04. The number of nitrogens with zero attached hydrogens (tertiary/aromatic N) is 1. The molecule has 0 radical (unpaired) electrons. The fourth-order valence-corrected chi connectivity index (χ4v) is 3.89. The van der Waals surface area contributed by atoms with Crippen molar-refractivity contribution >= 4 is 50.5 Å². The summed E-state index contributed by atoms with van der Waals surface area (Å²) in [5, 5.41) is 3.39. The largest absolute Gasteiger partial charge is 0.495 e. The Bertz CT molecular complexity index is 919. The van der Waals surface area contributed by atoms with E-state index >= 15 is 0 Å². The maximum absolute atomic E-state index is 12.2. The summed E-state index contributed by atoms with van der Waals surface area (Å²) in [4.78, 5) is 12.2. The van der Waals surface area contributed by atoms with Crippen LogP contribution in [0.1, 0.15) is 12.8 Å². The Morgan fingerprint density at radius 3 is 2.56 bits per heavy atom. The van der Waals surface area contributed by atoms with Gasteiger partial charge in [0.15, 0.2) is 0 Å². The summed E-state index contributed by atoms with van der Waals surface area (Å²) in [6.45, 7) is 0.0955. The number of rotatable bonds is 8. The SMILES string of the molecule is COc1ccccc1NC(=O)CCCN(c1cc(Cl)ccc1Cl)S(C)(=O)=O. The molecular weight excluding hydrogens is 411 g/mol. The van der Waals surface area contributed by atoms with Gasteiger partial charge in [0.25, 0.3) is 0 Å². The van der Waals surface area contributed by atoms with Crippen LogP contribution in [0.25, 0.3) is 0 Å². The van der Waals surface area contributed by atoms with E-state index in [4.69, 9.17) is 27.9 Å². The lowest BCUT2D eigenvalue weighted by Crippen LogP contribution is -2.31. The fourth-order valence-electron chi connectivity index (χ4n) is 2.49. The van der Waals surface area contributed by atoms with E-state index in [2.05, 4.69) is 5.32 Å². The molecule has 0 fully saturated rings. The molecule has 0 saturated heterocycles. The smallest absolute Gasteiger partial charge is 0.232 e. The van der Waals surface area contributed by atoms with Crippen molar-refractivity contribution < 1.29 is 17.9 Å². The number of amides is 1. The molecule has 27 heavy (non-hydrogen) atoms. The molecule has 0 bridgehead atoms. The summed E-state index contributed by atoms with van der Waals surface area (Å²) < 4.78 is 30.6. The maximum atomic E-state index is 12.2. The zero-order valence-corrected chi connectivity index (χ0v) is 17.2. The first kappa shape index (κ1) is 21.3. The van der Waals surface area contributed by atoms with E-state index in [1.807, 2.05) is 0 Å². The van der Waals surface area contributed by atoms with Crippen LogP contribution in [0.4, 0.5) is 11.4 Å². The lowest BCUT2D eigenvalue weighted by molar-refractivity contribution is -0.116. The molecule has 9 heteroatoms. The summed E-state index contributed by atoms with van der Waals surface area (Å²) in [5.74, 6) is 0.305. The summed E-state index contributed by atoms with van der Waals surface area (Å²) in [6.07, 6.45) is 1.51. The van der Waals surface area contributed by atoms with Crippen molar-refractivity contribution in [1.29, 1.82) is 0 Å². The molecule has 0 atom stereocenters. The molecule has 0 aliphatic rings. The molecule has 2 rings (SSSR count). The van der Waals surface area contributed by atoms with Crippen molar-refractivity contribution in [1.82, 2.24) is 0 Å². The number of ether oxygens (including phenoxy) is 1. The van der Waals surface area contributed by atoms with Gasteiger partial charge in [0, 0.05) is 18.0 Å². The third-order valence-electron chi connectivity index (χ3n) is 3.72. The fraction of sp³-hybridized carbons (Fsp3) is 0.278. The van der Waals surface area contributed by atoms with Crippen molar-refractivity contribution in [3.63, 3.8) is 0 Å². The highest BCUT2D eigenvalue weighted by Gasteiger charge is 2.20. The Kier molecular flexibility index (Phi) is 7.35. The van der Waals surface area contributed by atoms with Gasteiger partial charge in [-0.25, -0.2) is 8.42 Å². The summed E-state index contributed by atoms with van der Waals surface area (Å²) >= 11 is 12.1. The Hall–Kier alpha value is -1.96. The van der Waals surface area contributed by atoms with Crippen LogP contribution in [0.5, 0.6) is 5.75 Å². The van der Waals surface area contributed by atoms with Gasteiger partial charge in [-0.3, -0.25) is 9.10 Å². The van der Waals surface area contributed by atoms with Crippen molar-refractivity contribution in [2.75, 3.05) is 29.5 Å². The Morgan fingerprint density at radius 1 is 1.19 bits per heavy atom. The highest BCUT2D eigenvalue weighted by molar-refractivity contribution is 7.92. The quantitative estimate of drug-likeness (QED) is 0.680. The van der Waals surface area contributed by atoms with Gasteiger partial charge in [0.1, 0.15) is 5.75 Å². The molecule has 1 amide bonds. The molecule has 2 aromatic carbocycles. The normalized spacial score (nSPS) is 11.1. The van der Waals surface area contributed by atoms with Crippen LogP contribution < -0.4 is 14.4 Å². The number of carbonyl (C=O) groups excluding carboxylic acids is 1. The highest BCUT2D eigenvalue weighted by atomic mass is 35.5. The standard InChI is InChI=1S/C18H20Cl2N2O4S/c1-26-17-7-4-3-6-15(17)21-18(23)8-5-11-22(27(2,24)25)16-12-13(19)9-10-14(16)20/h3-4,6-7,9-10,12H,5,8,11H2,1-2H3,(H,21,23). The van der Waals surface area contributed by atoms with Gasteiger partial charge in [-0.05, 0) is 36.8 Å². The Labute approximate surface area is 169 Å². The number of carbonyl (C=O) groups is 1. The van der Waals surface area contributed by atoms with Gasteiger partial charge < -0.3 is 10.1 Å². The van der Waals surface area contributed by atoms with Crippen molar-refractivity contribution in [2.24, 2.45) is 0 Å². The molecule has 0 spiro atoms. The molecule has 0 aliphatic heterocycles. The van der Waals surface area contributed by atoms with Crippen LogP contribution in [-0.2, 0) is 14.8 Å². The predicted octanol–water partition coefficient (Wildman–Crippen LogP) is 4.19. The molecule has 0 aliphatic carbocycles. The second-order valence-corrected chi connectivity index (χ2v) is 8.53. The van der Waals surface area contributed by atoms with E-state index in [0.29, 0.717) is 22.9 Å². The summed E-state index contributed by atoms with van der Waals surface area (Å²) in [6, 6.07) is 11.6. The average molecular weight is 431 g/mol. The van der Waals surface area contributed by atoms with Crippen LogP contribution in [0, 0.1) is 0 Å². The first-order valence-electron chi connectivity index (χ1n) is 8.08. The van der Waals surface area contributed by atoms with E-state index in [-0.39, 0.29) is 29.6 Å². The lowest BCUT2D eigenvalue weighted by atomic mass is 10.2. The average Bonchev–Trinajstić information content (AvgIpc) is 2.60. The van der Waals surface area contributed by atoms with Gasteiger partial charge in [-0.15, -0.1) is 0 Å². The zero-order chi connectivity index (χ0) is 20.0. The number of nitrogens with one attached hydrogen (secondary N) is 1. The number of methoxy groups -OCH3 is 1. The van der Waals surface area contributed by atoms with Crippen LogP contribution in [0.2, 0.25) is 10.0 Å². The van der Waals surface area contributed by atoms with Gasteiger partial charge in [-0.2, -0.15) is 0 Å². The van der Waals surface area contributed by atoms with Gasteiger partial charge in [0.2, 0.25) is 15.9 Å². The van der Waals surface area contributed by atoms with Crippen LogP contribution in [0.15, 0.2) is 42.5 Å². The number of para-hydroxylation sites is 2. The molecule has 0 saturated carbocycles. The molecule has 6 nitrogen and oxygen atoms in total. The van der Waals surface area contributed by atoms with Gasteiger partial charge >= 0.3 is 0 Å². The molecule has 2 aromatic rings. The number of anilines is 2. The number of benzene rings is 2. The van der Waals surface area contributed by atoms with E-state index in [1.54, 1.807) is 30.3 Å². The number of sulfonamides is 1. The number of hydrogen-bond acceptors (Lipinski definition) is 4. The molecule has 0 heterocycles. The predicted molar refractivity (Wildman–Crippen MR) is 110 cm³/mol. The number of hydrogen-bond donors (Lipinski definition) is 1. The topological polar surface area (TPSA) is 75.7 Å². The summed E-state index contributed by atoms with van der Waals surface area (Å²) in [5.41, 5.74) is 0.847. The number of halogens is 2. The van der Waals surface area contributed by atoms with E-state index in [1.165, 1.54) is 19.2 Å². The van der Waals surface area contributed by atoms with Crippen molar-refractivity contribution in [3.8, 4) is 5.75 Å². The van der Waals surface area contributed by atoms with E-state index in [9.17, 15) is 13.2 Å². The Morgan fingerprint density at radius 2 is 1.89 bits per heavy atom. The lowest BCUT2D eigenvalue weighted by Gasteiger charge is -2.23. The second-order valence-electron chi connectivity index (χ2n) is 5.78. The summed E-state index contributed by atoms with van der Waals surface area (Å²) in [7, 11) is -2.07. The molecule has 0 unspecified atom stereocenters. The van der Waals surface area contributed by atoms with E-state index < -0.39 is 10.0 Å². The minimum Gasteiger partial charge on any atom is -0.495 e. The third kappa shape index (κ3) is 6.02. The first-order valence-corrected chi connectivity index (χ1v) is 10.7. The minimum absolute atomic E-state index is 0.0955. The van der Waals surface area contributed by atoms with Crippen LogP contribution in [0.3, 0.4) is 0 Å². The minimum atomic E-state index is -3.59. The molecule has 146 valence electrons. The molecular formula is C18H20Cl2N2O4S. The third-order valence-corrected chi connectivity index (χ3v) is 5.46. The zero-order valence-electron chi connectivity index (χ0n) is 14.9. The van der Waals surface area contributed by atoms with Crippen LogP contribution in [-0.4, -0.2) is 34.2 Å². The molecule has 0 aromatic heterocycles. The second kappa shape index (κ2) is 9.30. The van der Waals surface area contributed by atoms with Crippen molar-refractivity contribution in [3.05, 3.63) is 52.5 Å². The van der Waals surface area contributed by atoms with E-state index in [0.717, 1.165) is 10.6 Å². The van der Waals surface area contributed by atoms with Crippen molar-refractivity contribution in [2.45, 2.75) is 12.8 Å². The van der Waals surface area contributed by atoms with Crippen LogP contribution >= 0.6 is 23.2 Å². The van der Waals surface area contributed by atoms with Gasteiger partial charge in [0.05, 0.1) is 29.8 Å².